The number of hydrogen-bond donors (Lipinski definition) is 1. The molecule has 0 heterocycles. The summed E-state index contributed by atoms with van der Waals surface area (Å²) < 4.78 is 5.82. The zero-order valence-electron chi connectivity index (χ0n) is 9.86. The number of aliphatic hydroxyl groups excluding tert-OH is 1. The molecule has 0 bridgehead atoms. The summed E-state index contributed by atoms with van der Waals surface area (Å²) in [4.78, 5) is 11.1. The van der Waals surface area contributed by atoms with Gasteiger partial charge in [-0.25, -0.2) is 0 Å². The molecule has 4 heteroatoms. The molecule has 0 aliphatic carbocycles. The Hall–Kier alpha value is -0.870. The van der Waals surface area contributed by atoms with Crippen LogP contribution in [0.4, 0.5) is 0 Å². The van der Waals surface area contributed by atoms with Crippen LogP contribution in [0.1, 0.15) is 25.3 Å². The zero-order chi connectivity index (χ0) is 12.7. The fourth-order valence-corrected chi connectivity index (χ4v) is 1.78. The van der Waals surface area contributed by atoms with Crippen LogP contribution < -0.4 is 0 Å². The van der Waals surface area contributed by atoms with E-state index >= 15 is 0 Å². The third-order valence-electron chi connectivity index (χ3n) is 2.37. The minimum absolute atomic E-state index is 0.248. The monoisotopic (exact) mass is 300 g/mol. The lowest BCUT2D eigenvalue weighted by atomic mass is 10.0. The number of benzene rings is 1. The normalized spacial score (nSPS) is 12.2. The van der Waals surface area contributed by atoms with Crippen molar-refractivity contribution >= 4 is 21.9 Å². The van der Waals surface area contributed by atoms with Gasteiger partial charge in [0.15, 0.2) is 0 Å². The molecule has 1 atom stereocenters. The van der Waals surface area contributed by atoms with Gasteiger partial charge in [0.1, 0.15) is 0 Å². The molecule has 0 aromatic heterocycles. The van der Waals surface area contributed by atoms with Crippen molar-refractivity contribution < 1.29 is 14.6 Å². The van der Waals surface area contributed by atoms with Crippen LogP contribution >= 0.6 is 15.9 Å². The number of aliphatic hydroxyl groups is 1. The molecule has 0 radical (unpaired) electrons. The average Bonchev–Trinajstić information content (AvgIpc) is 2.30. The third-order valence-corrected chi connectivity index (χ3v) is 2.90. The van der Waals surface area contributed by atoms with E-state index in [1.165, 1.54) is 0 Å². The van der Waals surface area contributed by atoms with Crippen LogP contribution in [0.3, 0.4) is 0 Å². The van der Waals surface area contributed by atoms with Crippen LogP contribution in [0, 0.1) is 0 Å². The van der Waals surface area contributed by atoms with Crippen molar-refractivity contribution in [2.45, 2.75) is 32.3 Å². The molecule has 0 unspecified atom stereocenters. The lowest BCUT2D eigenvalue weighted by Gasteiger charge is -2.10. The van der Waals surface area contributed by atoms with Crippen LogP contribution in [-0.4, -0.2) is 23.8 Å². The van der Waals surface area contributed by atoms with E-state index in [0.29, 0.717) is 19.4 Å². The smallest absolute Gasteiger partial charge is 0.305 e. The van der Waals surface area contributed by atoms with E-state index in [-0.39, 0.29) is 12.4 Å². The van der Waals surface area contributed by atoms with Gasteiger partial charge in [-0.05, 0) is 37.5 Å². The summed E-state index contributed by atoms with van der Waals surface area (Å²) in [6.45, 7) is 2.16. The van der Waals surface area contributed by atoms with Gasteiger partial charge >= 0.3 is 5.97 Å². The van der Waals surface area contributed by atoms with Crippen molar-refractivity contribution in [1.29, 1.82) is 0 Å². The van der Waals surface area contributed by atoms with Crippen molar-refractivity contribution in [3.05, 3.63) is 34.3 Å². The molecule has 0 fully saturated rings. The van der Waals surface area contributed by atoms with Crippen molar-refractivity contribution in [3.63, 3.8) is 0 Å². The summed E-state index contributed by atoms with van der Waals surface area (Å²) in [6.07, 6.45) is 0.771. The fraction of sp³-hybridized carbons (Fsp3) is 0.462. The molecule has 0 saturated carbocycles. The highest BCUT2D eigenvalue weighted by molar-refractivity contribution is 9.10. The standard InChI is InChI=1S/C13H17BrO3/c1-2-17-13(16)8-7-12(15)9-10-3-5-11(14)6-4-10/h3-6,12,15H,2,7-9H2,1H3/t12-/m0/s1. The Kier molecular flexibility index (Phi) is 6.22. The zero-order valence-corrected chi connectivity index (χ0v) is 11.4. The van der Waals surface area contributed by atoms with Crippen LogP contribution in [0.25, 0.3) is 0 Å². The minimum Gasteiger partial charge on any atom is -0.466 e. The van der Waals surface area contributed by atoms with Crippen LogP contribution in [-0.2, 0) is 16.0 Å². The van der Waals surface area contributed by atoms with Crippen LogP contribution in [0.5, 0.6) is 0 Å². The Bertz CT molecular complexity index is 348. The molecule has 0 aliphatic heterocycles. The van der Waals surface area contributed by atoms with Gasteiger partial charge < -0.3 is 9.84 Å². The molecular weight excluding hydrogens is 284 g/mol. The Morgan fingerprint density at radius 3 is 2.65 bits per heavy atom. The molecule has 1 aromatic carbocycles. The van der Waals surface area contributed by atoms with E-state index in [0.717, 1.165) is 10.0 Å². The lowest BCUT2D eigenvalue weighted by molar-refractivity contribution is -0.143. The van der Waals surface area contributed by atoms with E-state index in [2.05, 4.69) is 15.9 Å². The second kappa shape index (κ2) is 7.45. The van der Waals surface area contributed by atoms with E-state index in [1.807, 2.05) is 24.3 Å². The van der Waals surface area contributed by atoms with Gasteiger partial charge in [-0.3, -0.25) is 4.79 Å². The van der Waals surface area contributed by atoms with Crippen molar-refractivity contribution in [2.24, 2.45) is 0 Å². The number of rotatable bonds is 6. The average molecular weight is 301 g/mol. The SMILES string of the molecule is CCOC(=O)CC[C@H](O)Cc1ccc(Br)cc1. The Balaban J connectivity index is 2.31. The molecule has 0 amide bonds. The van der Waals surface area contributed by atoms with Gasteiger partial charge in [-0.2, -0.15) is 0 Å². The Morgan fingerprint density at radius 2 is 2.06 bits per heavy atom. The number of halogens is 1. The predicted octanol–water partition coefficient (Wildman–Crippen LogP) is 2.70. The number of esters is 1. The Morgan fingerprint density at radius 1 is 1.41 bits per heavy atom. The topological polar surface area (TPSA) is 46.5 Å². The predicted molar refractivity (Wildman–Crippen MR) is 69.7 cm³/mol. The summed E-state index contributed by atoms with van der Waals surface area (Å²) in [5.74, 6) is -0.248. The third kappa shape index (κ3) is 5.84. The summed E-state index contributed by atoms with van der Waals surface area (Å²) in [5.41, 5.74) is 1.06. The summed E-state index contributed by atoms with van der Waals surface area (Å²) in [6, 6.07) is 7.79. The highest BCUT2D eigenvalue weighted by atomic mass is 79.9. The number of ether oxygens (including phenoxy) is 1. The molecule has 0 aliphatic rings. The van der Waals surface area contributed by atoms with Gasteiger partial charge in [-0.15, -0.1) is 0 Å². The summed E-state index contributed by atoms with van der Waals surface area (Å²) in [7, 11) is 0. The van der Waals surface area contributed by atoms with Gasteiger partial charge in [-0.1, -0.05) is 28.1 Å². The van der Waals surface area contributed by atoms with E-state index < -0.39 is 6.10 Å². The maximum absolute atomic E-state index is 11.1. The molecular formula is C13H17BrO3. The quantitative estimate of drug-likeness (QED) is 0.822. The summed E-state index contributed by atoms with van der Waals surface area (Å²) in [5, 5.41) is 9.77. The van der Waals surface area contributed by atoms with Crippen LogP contribution in [0.15, 0.2) is 28.7 Å². The minimum atomic E-state index is -0.499. The van der Waals surface area contributed by atoms with Gasteiger partial charge in [0, 0.05) is 10.9 Å². The highest BCUT2D eigenvalue weighted by Gasteiger charge is 2.09. The molecule has 94 valence electrons. The number of carbonyl (C=O) groups is 1. The molecule has 1 rings (SSSR count). The highest BCUT2D eigenvalue weighted by Crippen LogP contribution is 2.13. The maximum atomic E-state index is 11.1. The first-order valence-corrected chi connectivity index (χ1v) is 6.49. The Labute approximate surface area is 110 Å². The summed E-state index contributed by atoms with van der Waals surface area (Å²) >= 11 is 3.36. The van der Waals surface area contributed by atoms with Crippen molar-refractivity contribution in [1.82, 2.24) is 0 Å². The molecule has 0 saturated heterocycles. The number of carbonyl (C=O) groups excluding carboxylic acids is 1. The molecule has 1 aromatic rings. The first-order chi connectivity index (χ1) is 8.11. The molecule has 17 heavy (non-hydrogen) atoms. The van der Waals surface area contributed by atoms with Gasteiger partial charge in [0.2, 0.25) is 0 Å². The second-order valence-corrected chi connectivity index (χ2v) is 4.74. The van der Waals surface area contributed by atoms with Crippen molar-refractivity contribution in [3.8, 4) is 0 Å². The largest absolute Gasteiger partial charge is 0.466 e. The first-order valence-electron chi connectivity index (χ1n) is 5.70. The molecule has 0 spiro atoms. The fourth-order valence-electron chi connectivity index (χ4n) is 1.51. The maximum Gasteiger partial charge on any atom is 0.305 e. The molecule has 1 N–H and O–H groups in total. The van der Waals surface area contributed by atoms with Gasteiger partial charge in [0.05, 0.1) is 12.7 Å². The first kappa shape index (κ1) is 14.2. The van der Waals surface area contributed by atoms with E-state index in [9.17, 15) is 9.90 Å². The van der Waals surface area contributed by atoms with Gasteiger partial charge in [0.25, 0.3) is 0 Å². The molecule has 3 nitrogen and oxygen atoms in total. The van der Waals surface area contributed by atoms with E-state index in [4.69, 9.17) is 4.74 Å². The van der Waals surface area contributed by atoms with E-state index in [1.54, 1.807) is 6.92 Å². The lowest BCUT2D eigenvalue weighted by Crippen LogP contribution is -2.14. The number of hydrogen-bond acceptors (Lipinski definition) is 3. The van der Waals surface area contributed by atoms with Crippen LogP contribution in [0.2, 0.25) is 0 Å². The van der Waals surface area contributed by atoms with Crippen molar-refractivity contribution in [2.75, 3.05) is 6.61 Å². The second-order valence-electron chi connectivity index (χ2n) is 3.83.